The lowest BCUT2D eigenvalue weighted by Gasteiger charge is -2.13. The number of ether oxygens (including phenoxy) is 1. The van der Waals surface area contributed by atoms with Crippen LogP contribution in [0.25, 0.3) is 0 Å². The van der Waals surface area contributed by atoms with Gasteiger partial charge in [-0.15, -0.1) is 0 Å². The topological polar surface area (TPSA) is 41.5 Å². The van der Waals surface area contributed by atoms with Crippen LogP contribution in [0.2, 0.25) is 0 Å². The first-order valence-corrected chi connectivity index (χ1v) is 8.10. The Morgan fingerprint density at radius 1 is 1.24 bits per heavy atom. The van der Waals surface area contributed by atoms with E-state index in [9.17, 15) is 5.11 Å². The van der Waals surface area contributed by atoms with Gasteiger partial charge in [-0.25, -0.2) is 0 Å². The third-order valence-corrected chi connectivity index (χ3v) is 3.59. The van der Waals surface area contributed by atoms with Crippen LogP contribution >= 0.6 is 0 Å². The van der Waals surface area contributed by atoms with Crippen molar-refractivity contribution in [2.75, 3.05) is 26.3 Å². The van der Waals surface area contributed by atoms with Crippen molar-refractivity contribution >= 4 is 0 Å². The van der Waals surface area contributed by atoms with Crippen LogP contribution in [0.3, 0.4) is 0 Å². The van der Waals surface area contributed by atoms with Gasteiger partial charge in [-0.1, -0.05) is 38.1 Å². The Hall–Kier alpha value is -0.900. The van der Waals surface area contributed by atoms with Crippen molar-refractivity contribution in [2.24, 2.45) is 5.92 Å². The van der Waals surface area contributed by atoms with E-state index in [4.69, 9.17) is 4.74 Å². The fourth-order valence-electron chi connectivity index (χ4n) is 2.25. The second-order valence-electron chi connectivity index (χ2n) is 6.15. The normalized spacial score (nSPS) is 12.8. The fraction of sp³-hybridized carbons (Fsp3) is 0.667. The van der Waals surface area contributed by atoms with Crippen molar-refractivity contribution in [1.82, 2.24) is 5.32 Å². The highest BCUT2D eigenvalue weighted by Crippen LogP contribution is 2.06. The summed E-state index contributed by atoms with van der Waals surface area (Å²) in [4.78, 5) is 0. The van der Waals surface area contributed by atoms with E-state index in [-0.39, 0.29) is 0 Å². The van der Waals surface area contributed by atoms with Crippen LogP contribution < -0.4 is 5.32 Å². The molecule has 1 unspecified atom stereocenters. The lowest BCUT2D eigenvalue weighted by molar-refractivity contribution is 0.0349. The third-order valence-electron chi connectivity index (χ3n) is 3.59. The van der Waals surface area contributed by atoms with Gasteiger partial charge in [0.1, 0.15) is 0 Å². The number of nitrogens with one attached hydrogen (secondary N) is 1. The molecule has 0 heterocycles. The maximum absolute atomic E-state index is 9.82. The maximum Gasteiger partial charge on any atom is 0.0897 e. The van der Waals surface area contributed by atoms with Crippen LogP contribution in [0.15, 0.2) is 24.3 Å². The summed E-state index contributed by atoms with van der Waals surface area (Å²) in [6.07, 6.45) is 2.84. The van der Waals surface area contributed by atoms with Crippen molar-refractivity contribution in [3.63, 3.8) is 0 Å². The minimum atomic E-state index is -0.416. The Balaban J connectivity index is 2.01. The van der Waals surface area contributed by atoms with Gasteiger partial charge in [0.15, 0.2) is 0 Å². The van der Waals surface area contributed by atoms with Crippen LogP contribution in [0.1, 0.15) is 37.8 Å². The average Bonchev–Trinajstić information content (AvgIpc) is 2.44. The molecule has 3 heteroatoms. The summed E-state index contributed by atoms with van der Waals surface area (Å²) in [5, 5.41) is 13.1. The first kappa shape index (κ1) is 18.1. The van der Waals surface area contributed by atoms with Crippen molar-refractivity contribution in [1.29, 1.82) is 0 Å². The average molecular weight is 293 g/mol. The Kier molecular flexibility index (Phi) is 9.31. The SMILES string of the molecule is Cc1ccccc1CCNCC(O)COCCCC(C)C. The summed E-state index contributed by atoms with van der Waals surface area (Å²) in [6, 6.07) is 8.43. The van der Waals surface area contributed by atoms with Crippen molar-refractivity contribution in [3.8, 4) is 0 Å². The molecule has 0 spiro atoms. The fourth-order valence-corrected chi connectivity index (χ4v) is 2.25. The van der Waals surface area contributed by atoms with Gasteiger partial charge in [-0.05, 0) is 49.8 Å². The van der Waals surface area contributed by atoms with Crippen molar-refractivity contribution in [3.05, 3.63) is 35.4 Å². The molecule has 1 aromatic rings. The van der Waals surface area contributed by atoms with Gasteiger partial charge in [0, 0.05) is 13.2 Å². The summed E-state index contributed by atoms with van der Waals surface area (Å²) in [5.74, 6) is 0.724. The van der Waals surface area contributed by atoms with E-state index >= 15 is 0 Å². The van der Waals surface area contributed by atoms with Gasteiger partial charge in [0.2, 0.25) is 0 Å². The summed E-state index contributed by atoms with van der Waals surface area (Å²) in [5.41, 5.74) is 2.69. The second-order valence-corrected chi connectivity index (χ2v) is 6.15. The van der Waals surface area contributed by atoms with Gasteiger partial charge >= 0.3 is 0 Å². The third kappa shape index (κ3) is 8.86. The maximum atomic E-state index is 9.82. The number of rotatable bonds is 11. The molecule has 0 bridgehead atoms. The predicted molar refractivity (Wildman–Crippen MR) is 88.7 cm³/mol. The quantitative estimate of drug-likeness (QED) is 0.616. The van der Waals surface area contributed by atoms with E-state index in [0.29, 0.717) is 13.2 Å². The van der Waals surface area contributed by atoms with Crippen LogP contribution in [0.5, 0.6) is 0 Å². The van der Waals surface area contributed by atoms with E-state index in [0.717, 1.165) is 31.9 Å². The summed E-state index contributed by atoms with van der Waals surface area (Å²) >= 11 is 0. The molecule has 0 saturated heterocycles. The zero-order chi connectivity index (χ0) is 15.5. The molecular formula is C18H31NO2. The highest BCUT2D eigenvalue weighted by atomic mass is 16.5. The van der Waals surface area contributed by atoms with Crippen LogP contribution in [-0.4, -0.2) is 37.5 Å². The molecule has 1 aromatic carbocycles. The van der Waals surface area contributed by atoms with Gasteiger partial charge in [-0.2, -0.15) is 0 Å². The molecule has 0 aromatic heterocycles. The monoisotopic (exact) mass is 293 g/mol. The van der Waals surface area contributed by atoms with Gasteiger partial charge < -0.3 is 15.2 Å². The Morgan fingerprint density at radius 3 is 2.71 bits per heavy atom. The molecule has 2 N–H and O–H groups in total. The summed E-state index contributed by atoms with van der Waals surface area (Å²) < 4.78 is 5.49. The number of aliphatic hydroxyl groups excluding tert-OH is 1. The Labute approximate surface area is 129 Å². The molecule has 0 aliphatic carbocycles. The Bertz CT molecular complexity index is 379. The summed E-state index contributed by atoms with van der Waals surface area (Å²) in [7, 11) is 0. The summed E-state index contributed by atoms with van der Waals surface area (Å²) in [6.45, 7) is 9.22. The van der Waals surface area contributed by atoms with E-state index in [1.54, 1.807) is 0 Å². The molecular weight excluding hydrogens is 262 g/mol. The number of aliphatic hydroxyl groups is 1. The van der Waals surface area contributed by atoms with Crippen molar-refractivity contribution in [2.45, 2.75) is 46.1 Å². The van der Waals surface area contributed by atoms with E-state index in [1.807, 2.05) is 0 Å². The Morgan fingerprint density at radius 2 is 2.00 bits per heavy atom. The standard InChI is InChI=1S/C18H31NO2/c1-15(2)7-6-12-21-14-18(20)13-19-11-10-17-9-5-4-8-16(17)3/h4-5,8-9,15,18-20H,6-7,10-14H2,1-3H3. The van der Waals surface area contributed by atoms with Crippen LogP contribution in [0, 0.1) is 12.8 Å². The molecule has 120 valence electrons. The first-order valence-electron chi connectivity index (χ1n) is 8.10. The molecule has 0 fully saturated rings. The zero-order valence-corrected chi connectivity index (χ0v) is 13.8. The van der Waals surface area contributed by atoms with Crippen LogP contribution in [-0.2, 0) is 11.2 Å². The molecule has 1 rings (SSSR count). The smallest absolute Gasteiger partial charge is 0.0897 e. The molecule has 0 amide bonds. The zero-order valence-electron chi connectivity index (χ0n) is 13.8. The van der Waals surface area contributed by atoms with Gasteiger partial charge in [-0.3, -0.25) is 0 Å². The highest BCUT2D eigenvalue weighted by molar-refractivity contribution is 5.25. The van der Waals surface area contributed by atoms with E-state index < -0.39 is 6.10 Å². The molecule has 1 atom stereocenters. The highest BCUT2D eigenvalue weighted by Gasteiger charge is 2.04. The number of benzene rings is 1. The lowest BCUT2D eigenvalue weighted by Crippen LogP contribution is -2.31. The van der Waals surface area contributed by atoms with Gasteiger partial charge in [0.05, 0.1) is 12.7 Å². The first-order chi connectivity index (χ1) is 10.1. The molecule has 3 nitrogen and oxygen atoms in total. The number of hydrogen-bond acceptors (Lipinski definition) is 3. The van der Waals surface area contributed by atoms with Crippen molar-refractivity contribution < 1.29 is 9.84 Å². The minimum absolute atomic E-state index is 0.416. The van der Waals surface area contributed by atoms with Crippen LogP contribution in [0.4, 0.5) is 0 Å². The van der Waals surface area contributed by atoms with Gasteiger partial charge in [0.25, 0.3) is 0 Å². The lowest BCUT2D eigenvalue weighted by atomic mass is 10.1. The molecule has 0 radical (unpaired) electrons. The molecule has 21 heavy (non-hydrogen) atoms. The minimum Gasteiger partial charge on any atom is -0.389 e. The molecule has 0 aliphatic heterocycles. The van der Waals surface area contributed by atoms with E-state index in [1.165, 1.54) is 17.5 Å². The number of hydrogen-bond donors (Lipinski definition) is 2. The predicted octanol–water partition coefficient (Wildman–Crippen LogP) is 2.94. The molecule has 0 saturated carbocycles. The second kappa shape index (κ2) is 10.8. The molecule has 0 aliphatic rings. The largest absolute Gasteiger partial charge is 0.389 e. The van der Waals surface area contributed by atoms with E-state index in [2.05, 4.69) is 50.4 Å². The number of aryl methyl sites for hydroxylation is 1.